The van der Waals surface area contributed by atoms with Gasteiger partial charge < -0.3 is 16.2 Å². The average molecular weight is 292 g/mol. The number of ether oxygens (including phenoxy) is 1. The standard InChI is InChI=1S/C18H32N2O/c1-12(2)11-21-18-15(5)6-13(3)7-17(18)14(4)8-16(9-19)10-20/h6-7,12,14,16H,8-11,19-20H2,1-5H3. The normalized spacial score (nSPS) is 13.0. The summed E-state index contributed by atoms with van der Waals surface area (Å²) in [6, 6.07) is 4.44. The van der Waals surface area contributed by atoms with Gasteiger partial charge in [0.1, 0.15) is 5.75 Å². The van der Waals surface area contributed by atoms with Crippen molar-refractivity contribution < 1.29 is 4.74 Å². The Bertz CT molecular complexity index is 439. The Morgan fingerprint density at radius 1 is 1.05 bits per heavy atom. The molecule has 0 saturated carbocycles. The van der Waals surface area contributed by atoms with Crippen LogP contribution in [-0.4, -0.2) is 19.7 Å². The van der Waals surface area contributed by atoms with Crippen LogP contribution >= 0.6 is 0 Å². The van der Waals surface area contributed by atoms with E-state index in [1.807, 2.05) is 0 Å². The maximum atomic E-state index is 6.09. The van der Waals surface area contributed by atoms with Crippen LogP contribution in [0.1, 0.15) is 49.8 Å². The fourth-order valence-electron chi connectivity index (χ4n) is 2.72. The maximum absolute atomic E-state index is 6.09. The van der Waals surface area contributed by atoms with Crippen molar-refractivity contribution in [2.24, 2.45) is 23.3 Å². The van der Waals surface area contributed by atoms with Gasteiger partial charge in [-0.1, -0.05) is 38.5 Å². The van der Waals surface area contributed by atoms with E-state index in [1.165, 1.54) is 16.7 Å². The van der Waals surface area contributed by atoms with Crippen molar-refractivity contribution in [1.82, 2.24) is 0 Å². The Kier molecular flexibility index (Phi) is 7.20. The Balaban J connectivity index is 3.02. The lowest BCUT2D eigenvalue weighted by atomic mass is 9.88. The van der Waals surface area contributed by atoms with Crippen LogP contribution in [0.5, 0.6) is 5.75 Å². The molecule has 4 N–H and O–H groups in total. The Hall–Kier alpha value is -1.06. The minimum Gasteiger partial charge on any atom is -0.493 e. The molecule has 3 heteroatoms. The van der Waals surface area contributed by atoms with Gasteiger partial charge >= 0.3 is 0 Å². The van der Waals surface area contributed by atoms with Crippen LogP contribution in [0.4, 0.5) is 0 Å². The number of hydrogen-bond acceptors (Lipinski definition) is 3. The Morgan fingerprint density at radius 3 is 2.19 bits per heavy atom. The quantitative estimate of drug-likeness (QED) is 0.772. The highest BCUT2D eigenvalue weighted by Crippen LogP contribution is 2.34. The largest absolute Gasteiger partial charge is 0.493 e. The van der Waals surface area contributed by atoms with Crippen molar-refractivity contribution in [3.05, 3.63) is 28.8 Å². The highest BCUT2D eigenvalue weighted by molar-refractivity contribution is 5.45. The van der Waals surface area contributed by atoms with E-state index in [4.69, 9.17) is 16.2 Å². The third-order valence-corrected chi connectivity index (χ3v) is 3.89. The van der Waals surface area contributed by atoms with Gasteiger partial charge in [-0.25, -0.2) is 0 Å². The van der Waals surface area contributed by atoms with E-state index >= 15 is 0 Å². The summed E-state index contributed by atoms with van der Waals surface area (Å²) in [4.78, 5) is 0. The van der Waals surface area contributed by atoms with E-state index in [0.717, 1.165) is 18.8 Å². The van der Waals surface area contributed by atoms with Gasteiger partial charge in [0.05, 0.1) is 6.61 Å². The molecule has 21 heavy (non-hydrogen) atoms. The summed E-state index contributed by atoms with van der Waals surface area (Å²) in [5.41, 5.74) is 15.4. The number of nitrogens with two attached hydrogens (primary N) is 2. The molecular formula is C18H32N2O. The van der Waals surface area contributed by atoms with Gasteiger partial charge in [0.2, 0.25) is 0 Å². The van der Waals surface area contributed by atoms with Crippen molar-refractivity contribution in [1.29, 1.82) is 0 Å². The Morgan fingerprint density at radius 2 is 1.67 bits per heavy atom. The van der Waals surface area contributed by atoms with Crippen molar-refractivity contribution >= 4 is 0 Å². The van der Waals surface area contributed by atoms with Crippen LogP contribution in [0.25, 0.3) is 0 Å². The molecule has 0 bridgehead atoms. The van der Waals surface area contributed by atoms with Crippen LogP contribution in [0.3, 0.4) is 0 Å². The molecule has 0 spiro atoms. The predicted octanol–water partition coefficient (Wildman–Crippen LogP) is 3.37. The molecule has 1 aromatic carbocycles. The van der Waals surface area contributed by atoms with Crippen LogP contribution in [0, 0.1) is 25.7 Å². The summed E-state index contributed by atoms with van der Waals surface area (Å²) >= 11 is 0. The molecule has 0 aliphatic carbocycles. The summed E-state index contributed by atoms with van der Waals surface area (Å²) in [6.07, 6.45) is 1.01. The molecule has 0 heterocycles. The second-order valence-corrected chi connectivity index (χ2v) is 6.68. The SMILES string of the molecule is Cc1cc(C)c(OCC(C)C)c(C(C)CC(CN)CN)c1. The third-order valence-electron chi connectivity index (χ3n) is 3.89. The topological polar surface area (TPSA) is 61.3 Å². The first-order valence-electron chi connectivity index (χ1n) is 8.03. The molecule has 0 aliphatic heterocycles. The highest BCUT2D eigenvalue weighted by atomic mass is 16.5. The smallest absolute Gasteiger partial charge is 0.125 e. The summed E-state index contributed by atoms with van der Waals surface area (Å²) in [5, 5.41) is 0. The lowest BCUT2D eigenvalue weighted by Gasteiger charge is -2.23. The number of hydrogen-bond donors (Lipinski definition) is 2. The van der Waals surface area contributed by atoms with Gasteiger partial charge in [0, 0.05) is 0 Å². The highest BCUT2D eigenvalue weighted by Gasteiger charge is 2.18. The zero-order valence-electron chi connectivity index (χ0n) is 14.3. The molecule has 1 unspecified atom stereocenters. The fraction of sp³-hybridized carbons (Fsp3) is 0.667. The maximum Gasteiger partial charge on any atom is 0.125 e. The first-order valence-corrected chi connectivity index (χ1v) is 8.03. The lowest BCUT2D eigenvalue weighted by molar-refractivity contribution is 0.264. The van der Waals surface area contributed by atoms with Crippen molar-refractivity contribution in [2.45, 2.75) is 47.0 Å². The number of aryl methyl sites for hydroxylation is 2. The van der Waals surface area contributed by atoms with Crippen molar-refractivity contribution in [2.75, 3.05) is 19.7 Å². The number of rotatable bonds is 8. The second kappa shape index (κ2) is 8.40. The number of benzene rings is 1. The minimum atomic E-state index is 0.374. The molecule has 0 amide bonds. The van der Waals surface area contributed by atoms with Gasteiger partial charge in [0.15, 0.2) is 0 Å². The van der Waals surface area contributed by atoms with Gasteiger partial charge in [0.25, 0.3) is 0 Å². The summed E-state index contributed by atoms with van der Waals surface area (Å²) < 4.78 is 6.09. The van der Waals surface area contributed by atoms with E-state index < -0.39 is 0 Å². The van der Waals surface area contributed by atoms with Crippen molar-refractivity contribution in [3.63, 3.8) is 0 Å². The van der Waals surface area contributed by atoms with E-state index in [9.17, 15) is 0 Å². The molecule has 1 aromatic rings. The molecular weight excluding hydrogens is 260 g/mol. The zero-order chi connectivity index (χ0) is 16.0. The lowest BCUT2D eigenvalue weighted by Crippen LogP contribution is -2.24. The summed E-state index contributed by atoms with van der Waals surface area (Å²) in [5.74, 6) is 2.35. The first kappa shape index (κ1) is 18.0. The molecule has 0 fully saturated rings. The van der Waals surface area contributed by atoms with E-state index in [1.54, 1.807) is 0 Å². The van der Waals surface area contributed by atoms with Crippen LogP contribution in [0.2, 0.25) is 0 Å². The second-order valence-electron chi connectivity index (χ2n) is 6.68. The van der Waals surface area contributed by atoms with Gasteiger partial charge in [-0.15, -0.1) is 0 Å². The van der Waals surface area contributed by atoms with Gasteiger partial charge in [-0.3, -0.25) is 0 Å². The first-order chi connectivity index (χ1) is 9.88. The molecule has 0 saturated heterocycles. The van der Waals surface area contributed by atoms with Gasteiger partial charge in [-0.2, -0.15) is 0 Å². The van der Waals surface area contributed by atoms with Crippen molar-refractivity contribution in [3.8, 4) is 5.75 Å². The van der Waals surface area contributed by atoms with Crippen LogP contribution < -0.4 is 16.2 Å². The molecule has 0 radical (unpaired) electrons. The average Bonchev–Trinajstić information content (AvgIpc) is 2.42. The summed E-state index contributed by atoms with van der Waals surface area (Å²) in [6.45, 7) is 12.9. The molecule has 0 aliphatic rings. The van der Waals surface area contributed by atoms with E-state index in [-0.39, 0.29) is 0 Å². The third kappa shape index (κ3) is 5.33. The minimum absolute atomic E-state index is 0.374. The molecule has 3 nitrogen and oxygen atoms in total. The monoisotopic (exact) mass is 292 g/mol. The summed E-state index contributed by atoms with van der Waals surface area (Å²) in [7, 11) is 0. The Labute approximate surface area is 130 Å². The predicted molar refractivity (Wildman–Crippen MR) is 90.9 cm³/mol. The fourth-order valence-corrected chi connectivity index (χ4v) is 2.72. The van der Waals surface area contributed by atoms with Gasteiger partial charge in [-0.05, 0) is 62.2 Å². The van der Waals surface area contributed by atoms with E-state index in [2.05, 4.69) is 46.8 Å². The van der Waals surface area contributed by atoms with Crippen LogP contribution in [-0.2, 0) is 0 Å². The van der Waals surface area contributed by atoms with Crippen LogP contribution in [0.15, 0.2) is 12.1 Å². The molecule has 120 valence electrons. The van der Waals surface area contributed by atoms with E-state index in [0.29, 0.717) is 30.8 Å². The molecule has 1 atom stereocenters. The molecule has 0 aromatic heterocycles. The zero-order valence-corrected chi connectivity index (χ0v) is 14.3. The molecule has 1 rings (SSSR count).